The molecule has 2 amide bonds. The summed E-state index contributed by atoms with van der Waals surface area (Å²) in [6.07, 6.45) is 5.34. The summed E-state index contributed by atoms with van der Waals surface area (Å²) in [5, 5.41) is 11.7. The number of anilines is 1. The third-order valence-electron chi connectivity index (χ3n) is 6.08. The molecule has 0 atom stereocenters. The summed E-state index contributed by atoms with van der Waals surface area (Å²) < 4.78 is 2.24. The molecule has 1 N–H and O–H groups in total. The number of urea groups is 1. The van der Waals surface area contributed by atoms with Gasteiger partial charge in [0.05, 0.1) is 0 Å². The average Bonchev–Trinajstić information content (AvgIpc) is 2.99. The van der Waals surface area contributed by atoms with Crippen molar-refractivity contribution in [2.75, 3.05) is 37.6 Å². The molecular formula is C22H34N8O. The fraction of sp³-hybridized carbons (Fsp3) is 0.682. The number of carbonyl (C=O) groups is 1. The molecule has 2 aliphatic rings. The molecule has 4 rings (SSSR count). The van der Waals surface area contributed by atoms with E-state index in [0.29, 0.717) is 25.6 Å². The summed E-state index contributed by atoms with van der Waals surface area (Å²) in [4.78, 5) is 26.0. The molecule has 4 heterocycles. The Bertz CT molecular complexity index is 901. The molecule has 1 fully saturated rings. The third kappa shape index (κ3) is 5.14. The highest BCUT2D eigenvalue weighted by molar-refractivity contribution is 5.74. The van der Waals surface area contributed by atoms with Crippen molar-refractivity contribution in [1.29, 1.82) is 0 Å². The molecule has 2 aliphatic heterocycles. The maximum atomic E-state index is 12.6. The van der Waals surface area contributed by atoms with Gasteiger partial charge in [0, 0.05) is 69.8 Å². The van der Waals surface area contributed by atoms with Gasteiger partial charge in [-0.3, -0.25) is 0 Å². The smallest absolute Gasteiger partial charge is 0.317 e. The molecule has 0 bridgehead atoms. The predicted molar refractivity (Wildman–Crippen MR) is 119 cm³/mol. The first-order chi connectivity index (χ1) is 15.0. The SMILES string of the molecule is Cc1cc(N2CCN(C(=O)NCCc3nnc4n3CCCCC4)CC2)nc(C(C)C)n1. The first kappa shape index (κ1) is 21.5. The van der Waals surface area contributed by atoms with E-state index in [4.69, 9.17) is 4.98 Å². The van der Waals surface area contributed by atoms with Crippen LogP contribution in [0.25, 0.3) is 0 Å². The van der Waals surface area contributed by atoms with Crippen LogP contribution >= 0.6 is 0 Å². The second-order valence-corrected chi connectivity index (χ2v) is 8.83. The molecule has 0 saturated carbocycles. The second-order valence-electron chi connectivity index (χ2n) is 8.83. The number of carbonyl (C=O) groups excluding carboxylic acids is 1. The minimum Gasteiger partial charge on any atom is -0.353 e. The summed E-state index contributed by atoms with van der Waals surface area (Å²) in [5.74, 6) is 4.22. The maximum Gasteiger partial charge on any atom is 0.317 e. The minimum atomic E-state index is -0.00278. The van der Waals surface area contributed by atoms with Gasteiger partial charge in [0.25, 0.3) is 0 Å². The number of nitrogens with one attached hydrogen (secondary N) is 1. The van der Waals surface area contributed by atoms with Crippen LogP contribution in [0, 0.1) is 6.92 Å². The molecule has 9 nitrogen and oxygen atoms in total. The number of nitrogens with zero attached hydrogens (tertiary/aromatic N) is 7. The van der Waals surface area contributed by atoms with E-state index in [1.807, 2.05) is 17.9 Å². The number of piperazine rings is 1. The summed E-state index contributed by atoms with van der Waals surface area (Å²) >= 11 is 0. The van der Waals surface area contributed by atoms with Gasteiger partial charge in [-0.2, -0.15) is 0 Å². The molecule has 31 heavy (non-hydrogen) atoms. The Kier molecular flexibility index (Phi) is 6.67. The van der Waals surface area contributed by atoms with E-state index in [9.17, 15) is 4.79 Å². The van der Waals surface area contributed by atoms with Gasteiger partial charge in [0.15, 0.2) is 0 Å². The van der Waals surface area contributed by atoms with Gasteiger partial charge in [-0.25, -0.2) is 14.8 Å². The fourth-order valence-corrected chi connectivity index (χ4v) is 4.26. The topological polar surface area (TPSA) is 92.1 Å². The lowest BCUT2D eigenvalue weighted by molar-refractivity contribution is 0.194. The van der Waals surface area contributed by atoms with Gasteiger partial charge in [0.2, 0.25) is 0 Å². The molecule has 1 saturated heterocycles. The van der Waals surface area contributed by atoms with Crippen molar-refractivity contribution < 1.29 is 4.79 Å². The molecule has 0 unspecified atom stereocenters. The number of amides is 2. The molecule has 0 aromatic carbocycles. The van der Waals surface area contributed by atoms with E-state index in [1.54, 1.807) is 0 Å². The highest BCUT2D eigenvalue weighted by atomic mass is 16.2. The standard InChI is InChI=1S/C22H34N8O/c1-16(2)21-24-17(3)15-20(25-21)28-11-13-29(14-12-28)22(31)23-9-8-19-27-26-18-7-5-4-6-10-30(18)19/h15-16H,4-14H2,1-3H3,(H,23,31). The molecule has 2 aromatic heterocycles. The zero-order valence-electron chi connectivity index (χ0n) is 19.0. The monoisotopic (exact) mass is 426 g/mol. The maximum absolute atomic E-state index is 12.6. The number of hydrogen-bond donors (Lipinski definition) is 1. The minimum absolute atomic E-state index is 0.00278. The van der Waals surface area contributed by atoms with Crippen molar-refractivity contribution in [2.24, 2.45) is 0 Å². The van der Waals surface area contributed by atoms with E-state index in [0.717, 1.165) is 61.5 Å². The number of hydrogen-bond acceptors (Lipinski definition) is 6. The summed E-state index contributed by atoms with van der Waals surface area (Å²) in [7, 11) is 0. The molecule has 0 spiro atoms. The van der Waals surface area contributed by atoms with Crippen LogP contribution in [0.4, 0.5) is 10.6 Å². The van der Waals surface area contributed by atoms with Crippen molar-refractivity contribution in [1.82, 2.24) is 34.9 Å². The van der Waals surface area contributed by atoms with Crippen molar-refractivity contribution in [3.63, 3.8) is 0 Å². The van der Waals surface area contributed by atoms with Gasteiger partial charge in [-0.1, -0.05) is 20.3 Å². The van der Waals surface area contributed by atoms with Crippen LogP contribution in [0.2, 0.25) is 0 Å². The Morgan fingerprint density at radius 3 is 2.65 bits per heavy atom. The lowest BCUT2D eigenvalue weighted by Gasteiger charge is -2.35. The first-order valence-electron chi connectivity index (χ1n) is 11.6. The highest BCUT2D eigenvalue weighted by Crippen LogP contribution is 2.19. The zero-order valence-corrected chi connectivity index (χ0v) is 19.0. The van der Waals surface area contributed by atoms with Gasteiger partial charge in [-0.05, 0) is 19.8 Å². The predicted octanol–water partition coefficient (Wildman–Crippen LogP) is 2.30. The lowest BCUT2D eigenvalue weighted by Crippen LogP contribution is -2.52. The van der Waals surface area contributed by atoms with Gasteiger partial charge >= 0.3 is 6.03 Å². The first-order valence-corrected chi connectivity index (χ1v) is 11.6. The lowest BCUT2D eigenvalue weighted by atomic mass is 10.2. The van der Waals surface area contributed by atoms with E-state index in [2.05, 4.69) is 43.8 Å². The quantitative estimate of drug-likeness (QED) is 0.789. The molecule has 9 heteroatoms. The molecule has 168 valence electrons. The second kappa shape index (κ2) is 9.62. The average molecular weight is 427 g/mol. The Balaban J connectivity index is 1.26. The highest BCUT2D eigenvalue weighted by Gasteiger charge is 2.23. The molecule has 0 radical (unpaired) electrons. The zero-order chi connectivity index (χ0) is 21.8. The Morgan fingerprint density at radius 2 is 1.87 bits per heavy atom. The van der Waals surface area contributed by atoms with Crippen molar-refractivity contribution in [2.45, 2.75) is 65.3 Å². The van der Waals surface area contributed by atoms with Crippen LogP contribution in [0.15, 0.2) is 6.07 Å². The van der Waals surface area contributed by atoms with Gasteiger partial charge < -0.3 is 19.7 Å². The van der Waals surface area contributed by atoms with Crippen LogP contribution < -0.4 is 10.2 Å². The summed E-state index contributed by atoms with van der Waals surface area (Å²) in [6, 6.07) is 2.03. The van der Waals surface area contributed by atoms with Crippen molar-refractivity contribution >= 4 is 11.8 Å². The summed E-state index contributed by atoms with van der Waals surface area (Å²) in [5.41, 5.74) is 0.986. The number of rotatable bonds is 5. The Hall–Kier alpha value is -2.71. The Labute approximate surface area is 184 Å². The van der Waals surface area contributed by atoms with E-state index in [-0.39, 0.29) is 6.03 Å². The number of aromatic nitrogens is 5. The van der Waals surface area contributed by atoms with Gasteiger partial charge in [0.1, 0.15) is 23.3 Å². The van der Waals surface area contributed by atoms with Crippen molar-refractivity contribution in [3.05, 3.63) is 29.2 Å². The molecular weight excluding hydrogens is 392 g/mol. The number of aryl methyl sites for hydroxylation is 2. The van der Waals surface area contributed by atoms with Crippen molar-refractivity contribution in [3.8, 4) is 0 Å². The molecule has 0 aliphatic carbocycles. The molecule has 2 aromatic rings. The van der Waals surface area contributed by atoms with Crippen LogP contribution in [0.3, 0.4) is 0 Å². The van der Waals surface area contributed by atoms with Crippen LogP contribution in [-0.2, 0) is 19.4 Å². The third-order valence-corrected chi connectivity index (χ3v) is 6.08. The van der Waals surface area contributed by atoms with Gasteiger partial charge in [-0.15, -0.1) is 10.2 Å². The Morgan fingerprint density at radius 1 is 1.06 bits per heavy atom. The number of fused-ring (bicyclic) bond motifs is 1. The van der Waals surface area contributed by atoms with E-state index in [1.165, 1.54) is 19.3 Å². The van der Waals surface area contributed by atoms with E-state index >= 15 is 0 Å². The largest absolute Gasteiger partial charge is 0.353 e. The van der Waals surface area contributed by atoms with E-state index < -0.39 is 0 Å². The van der Waals surface area contributed by atoms with Crippen LogP contribution in [0.5, 0.6) is 0 Å². The van der Waals surface area contributed by atoms with Crippen LogP contribution in [-0.4, -0.2) is 68.4 Å². The summed E-state index contributed by atoms with van der Waals surface area (Å²) in [6.45, 7) is 10.7. The normalized spacial score (nSPS) is 16.9. The fourth-order valence-electron chi connectivity index (χ4n) is 4.26. The van der Waals surface area contributed by atoms with Crippen LogP contribution in [0.1, 0.15) is 62.2 Å².